The Morgan fingerprint density at radius 3 is 2.65 bits per heavy atom. The number of hydrogen-bond donors (Lipinski definition) is 1. The molecule has 0 fully saturated rings. The van der Waals surface area contributed by atoms with Gasteiger partial charge in [0.1, 0.15) is 5.75 Å². The van der Waals surface area contributed by atoms with Crippen LogP contribution in [0.5, 0.6) is 5.75 Å². The van der Waals surface area contributed by atoms with Gasteiger partial charge in [-0.3, -0.25) is 9.48 Å². The number of aryl methyl sites for hydroxylation is 2. The van der Waals surface area contributed by atoms with Gasteiger partial charge in [0.2, 0.25) is 5.91 Å². The van der Waals surface area contributed by atoms with E-state index in [1.165, 1.54) is 0 Å². The van der Waals surface area contributed by atoms with Crippen LogP contribution in [0.15, 0.2) is 30.5 Å². The minimum absolute atomic E-state index is 0.449. The van der Waals surface area contributed by atoms with Gasteiger partial charge in [-0.2, -0.15) is 5.10 Å². The highest BCUT2D eigenvalue weighted by Gasteiger charge is 2.17. The molecule has 5 heteroatoms. The van der Waals surface area contributed by atoms with Crippen LogP contribution in [0.1, 0.15) is 21.5 Å². The van der Waals surface area contributed by atoms with E-state index in [2.05, 4.69) is 5.10 Å². The van der Waals surface area contributed by atoms with Gasteiger partial charge in [0, 0.05) is 23.6 Å². The van der Waals surface area contributed by atoms with Gasteiger partial charge in [-0.25, -0.2) is 0 Å². The predicted octanol–water partition coefficient (Wildman–Crippen LogP) is 2.96. The van der Waals surface area contributed by atoms with E-state index in [1.807, 2.05) is 43.8 Å². The van der Waals surface area contributed by atoms with Gasteiger partial charge in [0.25, 0.3) is 0 Å². The van der Waals surface area contributed by atoms with E-state index in [1.54, 1.807) is 19.4 Å². The highest BCUT2D eigenvalue weighted by atomic mass is 16.5. The first-order chi connectivity index (χ1) is 10.9. The van der Waals surface area contributed by atoms with E-state index in [-0.39, 0.29) is 0 Å². The van der Waals surface area contributed by atoms with Crippen LogP contribution >= 0.6 is 0 Å². The monoisotopic (exact) mass is 309 g/mol. The third-order valence-electron chi connectivity index (χ3n) is 4.23. The molecule has 0 saturated heterocycles. The van der Waals surface area contributed by atoms with Crippen LogP contribution in [-0.2, 0) is 7.05 Å². The molecule has 0 aliphatic carbocycles. The van der Waals surface area contributed by atoms with Crippen LogP contribution in [0.25, 0.3) is 22.0 Å². The Kier molecular flexibility index (Phi) is 3.56. The number of benzene rings is 2. The summed E-state index contributed by atoms with van der Waals surface area (Å²) in [4.78, 5) is 11.7. The summed E-state index contributed by atoms with van der Waals surface area (Å²) in [6.45, 7) is 4.06. The Morgan fingerprint density at radius 1 is 1.26 bits per heavy atom. The number of carbonyl (C=O) groups excluding carboxylic acids is 1. The lowest BCUT2D eigenvalue weighted by Crippen LogP contribution is -2.11. The van der Waals surface area contributed by atoms with Gasteiger partial charge in [-0.15, -0.1) is 0 Å². The summed E-state index contributed by atoms with van der Waals surface area (Å²) in [5, 5.41) is 5.21. The first-order valence-corrected chi connectivity index (χ1v) is 7.34. The molecule has 3 rings (SSSR count). The molecule has 3 aromatic rings. The zero-order valence-electron chi connectivity index (χ0n) is 13.7. The quantitative estimate of drug-likeness (QED) is 0.808. The standard InChI is InChI=1S/C18H19N3O2/c1-10-5-6-15(23-4)11(2)16(10)14-8-12(18(19)22)7-13-9-20-21(3)17(13)14/h5-9H,1-4H3,(H2,19,22). The highest BCUT2D eigenvalue weighted by molar-refractivity contribution is 6.03. The highest BCUT2D eigenvalue weighted by Crippen LogP contribution is 2.37. The van der Waals surface area contributed by atoms with Crippen LogP contribution in [0.3, 0.4) is 0 Å². The summed E-state index contributed by atoms with van der Waals surface area (Å²) >= 11 is 0. The summed E-state index contributed by atoms with van der Waals surface area (Å²) in [6, 6.07) is 7.58. The van der Waals surface area contributed by atoms with Crippen molar-refractivity contribution < 1.29 is 9.53 Å². The van der Waals surface area contributed by atoms with E-state index in [0.717, 1.165) is 38.9 Å². The van der Waals surface area contributed by atoms with Crippen molar-refractivity contribution in [3.05, 3.63) is 47.2 Å². The number of primary amides is 1. The number of methoxy groups -OCH3 is 1. The fraction of sp³-hybridized carbons (Fsp3) is 0.222. The van der Waals surface area contributed by atoms with Crippen molar-refractivity contribution in [2.24, 2.45) is 12.8 Å². The second kappa shape index (κ2) is 5.43. The minimum Gasteiger partial charge on any atom is -0.496 e. The molecule has 0 radical (unpaired) electrons. The molecule has 118 valence electrons. The second-order valence-corrected chi connectivity index (χ2v) is 5.68. The summed E-state index contributed by atoms with van der Waals surface area (Å²) in [5.74, 6) is 0.362. The van der Waals surface area contributed by atoms with Gasteiger partial charge in [0.15, 0.2) is 0 Å². The van der Waals surface area contributed by atoms with Crippen LogP contribution in [-0.4, -0.2) is 22.8 Å². The van der Waals surface area contributed by atoms with Crippen LogP contribution in [0.2, 0.25) is 0 Å². The predicted molar refractivity (Wildman–Crippen MR) is 90.7 cm³/mol. The lowest BCUT2D eigenvalue weighted by atomic mass is 9.92. The largest absolute Gasteiger partial charge is 0.496 e. The number of amides is 1. The summed E-state index contributed by atoms with van der Waals surface area (Å²) in [5.41, 5.74) is 11.0. The number of hydrogen-bond acceptors (Lipinski definition) is 3. The van der Waals surface area contributed by atoms with Gasteiger partial charge >= 0.3 is 0 Å². The van der Waals surface area contributed by atoms with Crippen molar-refractivity contribution in [2.75, 3.05) is 7.11 Å². The average molecular weight is 309 g/mol. The van der Waals surface area contributed by atoms with Gasteiger partial charge < -0.3 is 10.5 Å². The first kappa shape index (κ1) is 15.1. The van der Waals surface area contributed by atoms with E-state index in [4.69, 9.17) is 10.5 Å². The number of rotatable bonds is 3. The Hall–Kier alpha value is -2.82. The third kappa shape index (κ3) is 2.34. The molecule has 0 aliphatic heterocycles. The molecule has 1 aromatic heterocycles. The molecule has 0 spiro atoms. The fourth-order valence-electron chi connectivity index (χ4n) is 3.12. The number of carbonyl (C=O) groups is 1. The normalized spacial score (nSPS) is 11.0. The van der Waals surface area contributed by atoms with Crippen LogP contribution < -0.4 is 10.5 Å². The van der Waals surface area contributed by atoms with Gasteiger partial charge in [-0.05, 0) is 48.7 Å². The van der Waals surface area contributed by atoms with Crippen molar-refractivity contribution in [1.29, 1.82) is 0 Å². The van der Waals surface area contributed by atoms with E-state index in [9.17, 15) is 4.79 Å². The smallest absolute Gasteiger partial charge is 0.248 e. The molecule has 0 aliphatic rings. The van der Waals surface area contributed by atoms with E-state index < -0.39 is 5.91 Å². The Bertz CT molecular complexity index is 926. The van der Waals surface area contributed by atoms with Gasteiger partial charge in [0.05, 0.1) is 18.8 Å². The lowest BCUT2D eigenvalue weighted by molar-refractivity contribution is 0.100. The molecule has 0 saturated carbocycles. The van der Waals surface area contributed by atoms with Crippen LogP contribution in [0.4, 0.5) is 0 Å². The van der Waals surface area contributed by atoms with Gasteiger partial charge in [-0.1, -0.05) is 6.07 Å². The van der Waals surface area contributed by atoms with Crippen molar-refractivity contribution in [3.8, 4) is 16.9 Å². The van der Waals surface area contributed by atoms with Crippen molar-refractivity contribution >= 4 is 16.8 Å². The average Bonchev–Trinajstić information content (AvgIpc) is 2.89. The Balaban J connectivity index is 2.44. The molecule has 2 aromatic carbocycles. The molecule has 0 unspecified atom stereocenters. The number of nitrogens with zero attached hydrogens (tertiary/aromatic N) is 2. The molecular weight excluding hydrogens is 290 g/mol. The molecule has 1 heterocycles. The molecule has 0 atom stereocenters. The minimum atomic E-state index is -0.449. The maximum Gasteiger partial charge on any atom is 0.248 e. The third-order valence-corrected chi connectivity index (χ3v) is 4.23. The molecule has 1 amide bonds. The van der Waals surface area contributed by atoms with E-state index >= 15 is 0 Å². The summed E-state index contributed by atoms with van der Waals surface area (Å²) in [6.07, 6.45) is 1.75. The van der Waals surface area contributed by atoms with Crippen molar-refractivity contribution in [3.63, 3.8) is 0 Å². The number of aromatic nitrogens is 2. The van der Waals surface area contributed by atoms with Crippen molar-refractivity contribution in [2.45, 2.75) is 13.8 Å². The molecule has 2 N–H and O–H groups in total. The zero-order chi connectivity index (χ0) is 16.7. The Morgan fingerprint density at radius 2 is 2.00 bits per heavy atom. The fourth-order valence-corrected chi connectivity index (χ4v) is 3.12. The zero-order valence-corrected chi connectivity index (χ0v) is 13.7. The van der Waals surface area contributed by atoms with Crippen LogP contribution in [0, 0.1) is 13.8 Å². The number of fused-ring (bicyclic) bond motifs is 1. The molecular formula is C18H19N3O2. The topological polar surface area (TPSA) is 70.1 Å². The summed E-state index contributed by atoms with van der Waals surface area (Å²) < 4.78 is 7.26. The molecule has 23 heavy (non-hydrogen) atoms. The van der Waals surface area contributed by atoms with E-state index in [0.29, 0.717) is 5.56 Å². The first-order valence-electron chi connectivity index (χ1n) is 7.34. The van der Waals surface area contributed by atoms with Crippen molar-refractivity contribution in [1.82, 2.24) is 9.78 Å². The number of ether oxygens (including phenoxy) is 1. The SMILES string of the molecule is COc1ccc(C)c(-c2cc(C(N)=O)cc3cnn(C)c23)c1C. The summed E-state index contributed by atoms with van der Waals surface area (Å²) in [7, 11) is 3.54. The number of nitrogens with two attached hydrogens (primary N) is 1. The lowest BCUT2D eigenvalue weighted by Gasteiger charge is -2.16. The molecule has 5 nitrogen and oxygen atoms in total. The second-order valence-electron chi connectivity index (χ2n) is 5.68. The molecule has 0 bridgehead atoms. The maximum atomic E-state index is 11.7. The Labute approximate surface area is 134 Å². The maximum absolute atomic E-state index is 11.7.